The van der Waals surface area contributed by atoms with E-state index < -0.39 is 6.29 Å². The Labute approximate surface area is 288 Å². The molecule has 252 valence electrons. The van der Waals surface area contributed by atoms with Gasteiger partial charge in [-0.3, -0.25) is 9.59 Å². The van der Waals surface area contributed by atoms with Crippen molar-refractivity contribution in [2.75, 3.05) is 12.3 Å². The van der Waals surface area contributed by atoms with Crippen molar-refractivity contribution >= 4 is 23.6 Å². The monoisotopic (exact) mass is 666 g/mol. The molecule has 48 heavy (non-hydrogen) atoms. The van der Waals surface area contributed by atoms with Crippen LogP contribution in [0, 0.1) is 5.92 Å². The number of hydrogen-bond donors (Lipinski definition) is 3. The Bertz CT molecular complexity index is 1600. The van der Waals surface area contributed by atoms with Gasteiger partial charge in [0.05, 0.1) is 18.8 Å². The number of hydrogen-bond acceptors (Lipinski definition) is 6. The number of carbonyl (C=O) groups excluding carboxylic acids is 2. The van der Waals surface area contributed by atoms with Crippen molar-refractivity contribution in [2.45, 2.75) is 76.1 Å². The number of carbonyl (C=O) groups is 2. The second kappa shape index (κ2) is 18.0. The van der Waals surface area contributed by atoms with Crippen LogP contribution in [0.3, 0.4) is 0 Å². The van der Waals surface area contributed by atoms with Gasteiger partial charge in [-0.05, 0) is 52.8 Å². The molecule has 0 bridgehead atoms. The third kappa shape index (κ3) is 10.0. The average molecular weight is 667 g/mol. The van der Waals surface area contributed by atoms with Crippen LogP contribution in [-0.4, -0.2) is 35.3 Å². The molecule has 0 saturated carbocycles. The van der Waals surface area contributed by atoms with Crippen molar-refractivity contribution in [3.8, 4) is 11.1 Å². The maximum Gasteiger partial charge on any atom is 0.220 e. The van der Waals surface area contributed by atoms with Gasteiger partial charge in [-0.1, -0.05) is 104 Å². The van der Waals surface area contributed by atoms with Crippen LogP contribution in [0.2, 0.25) is 0 Å². The van der Waals surface area contributed by atoms with Gasteiger partial charge < -0.3 is 25.2 Å². The van der Waals surface area contributed by atoms with E-state index in [1.54, 1.807) is 11.8 Å². The molecule has 4 atom stereocenters. The van der Waals surface area contributed by atoms with Gasteiger partial charge in [0.25, 0.3) is 0 Å². The molecule has 7 nitrogen and oxygen atoms in total. The Morgan fingerprint density at radius 1 is 0.792 bits per heavy atom. The largest absolute Gasteiger partial charge is 0.392 e. The maximum atomic E-state index is 12.5. The highest BCUT2D eigenvalue weighted by Gasteiger charge is 2.38. The summed E-state index contributed by atoms with van der Waals surface area (Å²) in [5.41, 5.74) is 6.06. The van der Waals surface area contributed by atoms with Crippen LogP contribution in [0.15, 0.2) is 108 Å². The fourth-order valence-electron chi connectivity index (χ4n) is 5.91. The lowest BCUT2D eigenvalue weighted by molar-refractivity contribution is -0.268. The first-order chi connectivity index (χ1) is 23.4. The van der Waals surface area contributed by atoms with Gasteiger partial charge in [0.2, 0.25) is 11.8 Å². The van der Waals surface area contributed by atoms with Gasteiger partial charge in [0.15, 0.2) is 6.29 Å². The molecule has 1 aliphatic heterocycles. The minimum absolute atomic E-state index is 0.00735. The van der Waals surface area contributed by atoms with Gasteiger partial charge in [-0.15, -0.1) is 11.8 Å². The number of rotatable bonds is 15. The summed E-state index contributed by atoms with van der Waals surface area (Å²) in [6.07, 6.45) is 2.28. The molecule has 2 amide bonds. The number of ether oxygens (including phenoxy) is 2. The van der Waals surface area contributed by atoms with Crippen LogP contribution in [0.5, 0.6) is 0 Å². The highest BCUT2D eigenvalue weighted by Crippen LogP contribution is 2.43. The molecule has 4 aromatic rings. The van der Waals surface area contributed by atoms with E-state index in [1.165, 1.54) is 11.8 Å². The molecule has 0 radical (unpaired) electrons. The molecule has 0 spiro atoms. The molecule has 1 saturated heterocycles. The molecule has 4 aromatic carbocycles. The topological polar surface area (TPSA) is 96.9 Å². The molecule has 0 aromatic heterocycles. The van der Waals surface area contributed by atoms with Crippen LogP contribution >= 0.6 is 11.8 Å². The molecular formula is C40H46N2O5S. The summed E-state index contributed by atoms with van der Waals surface area (Å²) in [5, 5.41) is 15.4. The molecule has 1 heterocycles. The van der Waals surface area contributed by atoms with Crippen molar-refractivity contribution < 1.29 is 24.2 Å². The van der Waals surface area contributed by atoms with Crippen molar-refractivity contribution in [1.29, 1.82) is 0 Å². The highest BCUT2D eigenvalue weighted by atomic mass is 32.2. The Hall–Kier alpha value is -3.95. The molecule has 1 fully saturated rings. The standard InChI is InChI=1S/C40H46N2O5S/c1-28-37(27-48-35-12-5-3-6-13-35)46-40(47-39(28)32-18-16-30(26-43)17-19-32)33-22-20-31(21-23-33)36-14-9-8-11-34(36)25-42-38(45)15-7-4-10-24-41-29(2)44/h3,5-6,8-9,11-14,16-23,28,37,39-40,43H,4,7,10,15,24-27H2,1-2H3,(H,41,44)(H,42,45)/t28-,37+,39+,40+/m1/s1. The number of amides is 2. The van der Waals surface area contributed by atoms with E-state index in [-0.39, 0.29) is 36.5 Å². The summed E-state index contributed by atoms with van der Waals surface area (Å²) < 4.78 is 13.3. The molecule has 1 aliphatic rings. The zero-order valence-corrected chi connectivity index (χ0v) is 28.6. The minimum atomic E-state index is -0.535. The van der Waals surface area contributed by atoms with Gasteiger partial charge in [-0.2, -0.15) is 0 Å². The number of nitrogens with one attached hydrogen (secondary N) is 2. The maximum absolute atomic E-state index is 12.5. The quantitative estimate of drug-likeness (QED) is 0.0888. The Kier molecular flexibility index (Phi) is 13.3. The summed E-state index contributed by atoms with van der Waals surface area (Å²) in [7, 11) is 0. The number of benzene rings is 4. The molecule has 0 unspecified atom stereocenters. The SMILES string of the molecule is CC(=O)NCCCCCC(=O)NCc1ccccc1-c1ccc([C@H]2O[C@@H](CSc3ccccc3)[C@@H](C)[C@@H](c3ccc(CO)cc3)O2)cc1. The van der Waals surface area contributed by atoms with E-state index >= 15 is 0 Å². The average Bonchev–Trinajstić information content (AvgIpc) is 3.12. The van der Waals surface area contributed by atoms with Crippen LogP contribution < -0.4 is 10.6 Å². The first-order valence-electron chi connectivity index (χ1n) is 16.8. The molecule has 8 heteroatoms. The summed E-state index contributed by atoms with van der Waals surface area (Å²) in [4.78, 5) is 24.7. The van der Waals surface area contributed by atoms with Crippen LogP contribution in [0.4, 0.5) is 0 Å². The van der Waals surface area contributed by atoms with Gasteiger partial charge >= 0.3 is 0 Å². The van der Waals surface area contributed by atoms with Gasteiger partial charge in [0, 0.05) is 48.6 Å². The molecule has 3 N–H and O–H groups in total. The van der Waals surface area contributed by atoms with Crippen LogP contribution in [0.1, 0.15) is 74.2 Å². The van der Waals surface area contributed by atoms with E-state index in [1.807, 2.05) is 48.5 Å². The van der Waals surface area contributed by atoms with Crippen molar-refractivity contribution in [3.63, 3.8) is 0 Å². The first-order valence-corrected chi connectivity index (χ1v) is 17.8. The second-order valence-electron chi connectivity index (χ2n) is 12.3. The third-order valence-electron chi connectivity index (χ3n) is 8.72. The predicted molar refractivity (Wildman–Crippen MR) is 191 cm³/mol. The summed E-state index contributed by atoms with van der Waals surface area (Å²) in [6.45, 7) is 4.80. The van der Waals surface area contributed by atoms with Crippen molar-refractivity contribution in [2.24, 2.45) is 5.92 Å². The van der Waals surface area contributed by atoms with E-state index in [9.17, 15) is 14.7 Å². The third-order valence-corrected chi connectivity index (χ3v) is 9.82. The fraction of sp³-hybridized carbons (Fsp3) is 0.350. The normalized spacial score (nSPS) is 19.1. The highest BCUT2D eigenvalue weighted by molar-refractivity contribution is 7.99. The van der Waals surface area contributed by atoms with E-state index in [4.69, 9.17) is 9.47 Å². The lowest BCUT2D eigenvalue weighted by atomic mass is 9.91. The molecule has 0 aliphatic carbocycles. The fourth-order valence-corrected chi connectivity index (χ4v) is 7.00. The number of aliphatic hydroxyl groups excluding tert-OH is 1. The Morgan fingerprint density at radius 2 is 1.50 bits per heavy atom. The summed E-state index contributed by atoms with van der Waals surface area (Å²) in [6, 6.07) is 34.8. The number of aliphatic hydroxyl groups is 1. The summed E-state index contributed by atoms with van der Waals surface area (Å²) >= 11 is 1.79. The van der Waals surface area contributed by atoms with Crippen molar-refractivity contribution in [1.82, 2.24) is 10.6 Å². The second-order valence-corrected chi connectivity index (χ2v) is 13.4. The molecule has 5 rings (SSSR count). The van der Waals surface area contributed by atoms with E-state index in [0.29, 0.717) is 19.5 Å². The molecular weight excluding hydrogens is 621 g/mol. The summed E-state index contributed by atoms with van der Waals surface area (Å²) in [5.74, 6) is 0.914. The van der Waals surface area contributed by atoms with Crippen LogP contribution in [0.25, 0.3) is 11.1 Å². The number of thioether (sulfide) groups is 1. The van der Waals surface area contributed by atoms with Gasteiger partial charge in [-0.25, -0.2) is 0 Å². The first kappa shape index (κ1) is 35.4. The Morgan fingerprint density at radius 3 is 2.23 bits per heavy atom. The lowest BCUT2D eigenvalue weighted by Gasteiger charge is -2.41. The van der Waals surface area contributed by atoms with E-state index in [2.05, 4.69) is 72.2 Å². The van der Waals surface area contributed by atoms with Crippen LogP contribution in [-0.2, 0) is 32.2 Å². The smallest absolute Gasteiger partial charge is 0.220 e. The minimum Gasteiger partial charge on any atom is -0.392 e. The van der Waals surface area contributed by atoms with Gasteiger partial charge in [0.1, 0.15) is 0 Å². The van der Waals surface area contributed by atoms with Crippen molar-refractivity contribution in [3.05, 3.63) is 125 Å². The zero-order valence-electron chi connectivity index (χ0n) is 27.8. The zero-order chi connectivity index (χ0) is 33.7. The number of unbranched alkanes of at least 4 members (excludes halogenated alkanes) is 2. The predicted octanol–water partition coefficient (Wildman–Crippen LogP) is 7.74. The lowest BCUT2D eigenvalue weighted by Crippen LogP contribution is -2.38. The van der Waals surface area contributed by atoms with E-state index in [0.717, 1.165) is 58.4 Å². The Balaban J connectivity index is 1.25.